The zero-order valence-electron chi connectivity index (χ0n) is 18.6. The van der Waals surface area contributed by atoms with E-state index in [9.17, 15) is 9.59 Å². The van der Waals surface area contributed by atoms with E-state index in [0.29, 0.717) is 54.0 Å². The van der Waals surface area contributed by atoms with Gasteiger partial charge in [0.1, 0.15) is 0 Å². The summed E-state index contributed by atoms with van der Waals surface area (Å²) in [6, 6.07) is 9.89. The molecule has 2 fully saturated rings. The van der Waals surface area contributed by atoms with Gasteiger partial charge in [-0.25, -0.2) is 4.98 Å². The van der Waals surface area contributed by atoms with Crippen LogP contribution in [0.2, 0.25) is 0 Å². The third-order valence-corrected chi connectivity index (χ3v) is 6.74. The van der Waals surface area contributed by atoms with E-state index in [1.165, 1.54) is 0 Å². The van der Waals surface area contributed by atoms with Crippen LogP contribution < -0.4 is 0 Å². The minimum Gasteiger partial charge on any atom is -0.342 e. The number of hydrogen-bond donors (Lipinski definition) is 0. The van der Waals surface area contributed by atoms with E-state index in [1.807, 2.05) is 54.0 Å². The van der Waals surface area contributed by atoms with E-state index in [0.717, 1.165) is 37.1 Å². The van der Waals surface area contributed by atoms with E-state index in [-0.39, 0.29) is 17.7 Å². The molecule has 4 heterocycles. The van der Waals surface area contributed by atoms with Gasteiger partial charge >= 0.3 is 0 Å². The average Bonchev–Trinajstić information content (AvgIpc) is 3.49. The maximum atomic E-state index is 13.6. The van der Waals surface area contributed by atoms with Gasteiger partial charge in [-0.15, -0.1) is 0 Å². The van der Waals surface area contributed by atoms with Crippen molar-refractivity contribution in [2.75, 3.05) is 26.2 Å². The summed E-state index contributed by atoms with van der Waals surface area (Å²) in [6.45, 7) is 6.78. The average molecular weight is 433 g/mol. The quantitative estimate of drug-likeness (QED) is 0.625. The van der Waals surface area contributed by atoms with Gasteiger partial charge in [0, 0.05) is 37.7 Å². The Morgan fingerprint density at radius 1 is 0.969 bits per heavy atom. The van der Waals surface area contributed by atoms with Crippen molar-refractivity contribution in [3.8, 4) is 11.3 Å². The first-order valence-electron chi connectivity index (χ1n) is 11.4. The van der Waals surface area contributed by atoms with Crippen LogP contribution in [0.15, 0.2) is 34.9 Å². The molecule has 2 amide bonds. The lowest BCUT2D eigenvalue weighted by molar-refractivity contribution is -0.135. The first-order chi connectivity index (χ1) is 15.5. The molecule has 2 aliphatic heterocycles. The normalized spacial score (nSPS) is 17.3. The molecule has 7 nitrogen and oxygen atoms in total. The van der Waals surface area contributed by atoms with Crippen molar-refractivity contribution >= 4 is 22.9 Å². The van der Waals surface area contributed by atoms with Crippen molar-refractivity contribution in [3.05, 3.63) is 47.2 Å². The van der Waals surface area contributed by atoms with Gasteiger partial charge < -0.3 is 14.3 Å². The molecule has 0 spiro atoms. The summed E-state index contributed by atoms with van der Waals surface area (Å²) in [5.74, 6) is 0.233. The van der Waals surface area contributed by atoms with Crippen molar-refractivity contribution in [3.63, 3.8) is 0 Å². The van der Waals surface area contributed by atoms with Crippen LogP contribution in [0.25, 0.3) is 22.4 Å². The number of piperidine rings is 1. The van der Waals surface area contributed by atoms with Crippen LogP contribution in [0.4, 0.5) is 0 Å². The van der Waals surface area contributed by atoms with Gasteiger partial charge in [-0.05, 0) is 45.6 Å². The summed E-state index contributed by atoms with van der Waals surface area (Å²) in [5.41, 5.74) is 4.38. The topological polar surface area (TPSA) is 79.5 Å². The largest absolute Gasteiger partial charge is 0.342 e. The number of benzene rings is 1. The SMILES string of the molecule is Cc1ccc(-c2cc(C(=O)N3CCC(C(=O)N4CCCC4)CC3)c3c(C)noc3n2)cc1. The molecule has 2 aliphatic rings. The lowest BCUT2D eigenvalue weighted by atomic mass is 9.94. The summed E-state index contributed by atoms with van der Waals surface area (Å²) in [5, 5.41) is 4.72. The monoisotopic (exact) mass is 432 g/mol. The Labute approximate surface area is 187 Å². The second-order valence-corrected chi connectivity index (χ2v) is 8.97. The predicted octanol–water partition coefficient (Wildman–Crippen LogP) is 3.98. The molecule has 0 unspecified atom stereocenters. The van der Waals surface area contributed by atoms with Crippen LogP contribution in [0, 0.1) is 19.8 Å². The van der Waals surface area contributed by atoms with Gasteiger partial charge in [-0.3, -0.25) is 9.59 Å². The van der Waals surface area contributed by atoms with Crippen LogP contribution in [0.1, 0.15) is 47.3 Å². The predicted molar refractivity (Wildman–Crippen MR) is 121 cm³/mol. The minimum atomic E-state index is -0.0517. The van der Waals surface area contributed by atoms with Gasteiger partial charge in [0.15, 0.2) is 0 Å². The van der Waals surface area contributed by atoms with E-state index in [2.05, 4.69) is 10.1 Å². The molecule has 2 saturated heterocycles. The summed E-state index contributed by atoms with van der Waals surface area (Å²) < 4.78 is 5.44. The maximum Gasteiger partial charge on any atom is 0.259 e. The number of likely N-dealkylation sites (tertiary alicyclic amines) is 2. The number of fused-ring (bicyclic) bond motifs is 1. The van der Waals surface area contributed by atoms with Crippen LogP contribution in [-0.2, 0) is 4.79 Å². The third kappa shape index (κ3) is 3.76. The van der Waals surface area contributed by atoms with Crippen LogP contribution in [0.5, 0.6) is 0 Å². The highest BCUT2D eigenvalue weighted by Gasteiger charge is 2.32. The Kier molecular flexibility index (Phi) is 5.41. The molecule has 5 rings (SSSR count). The molecule has 1 aromatic carbocycles. The molecule has 0 N–H and O–H groups in total. The molecule has 3 aromatic rings. The summed E-state index contributed by atoms with van der Waals surface area (Å²) in [4.78, 5) is 34.8. The minimum absolute atomic E-state index is 0.0232. The number of aromatic nitrogens is 2. The highest BCUT2D eigenvalue weighted by Crippen LogP contribution is 2.30. The zero-order valence-corrected chi connectivity index (χ0v) is 18.6. The Morgan fingerprint density at radius 2 is 1.66 bits per heavy atom. The number of rotatable bonds is 3. The van der Waals surface area contributed by atoms with E-state index >= 15 is 0 Å². The number of nitrogens with zero attached hydrogens (tertiary/aromatic N) is 4. The molecule has 32 heavy (non-hydrogen) atoms. The van der Waals surface area contributed by atoms with Gasteiger partial charge in [0.05, 0.1) is 22.3 Å². The highest BCUT2D eigenvalue weighted by atomic mass is 16.5. The fraction of sp³-hybridized carbons (Fsp3) is 0.440. The van der Waals surface area contributed by atoms with Crippen molar-refractivity contribution < 1.29 is 14.1 Å². The van der Waals surface area contributed by atoms with Gasteiger partial charge in [0.25, 0.3) is 11.6 Å². The van der Waals surface area contributed by atoms with Crippen molar-refractivity contribution in [1.29, 1.82) is 0 Å². The van der Waals surface area contributed by atoms with Crippen LogP contribution >= 0.6 is 0 Å². The molecular weight excluding hydrogens is 404 g/mol. The summed E-state index contributed by atoms with van der Waals surface area (Å²) >= 11 is 0. The molecule has 0 saturated carbocycles. The lowest BCUT2D eigenvalue weighted by Gasteiger charge is -2.33. The van der Waals surface area contributed by atoms with Crippen molar-refractivity contribution in [2.24, 2.45) is 5.92 Å². The number of hydrogen-bond acceptors (Lipinski definition) is 5. The van der Waals surface area contributed by atoms with Crippen LogP contribution in [-0.4, -0.2) is 57.9 Å². The molecule has 7 heteroatoms. The fourth-order valence-electron chi connectivity index (χ4n) is 4.83. The van der Waals surface area contributed by atoms with Crippen LogP contribution in [0.3, 0.4) is 0 Å². The molecule has 0 radical (unpaired) electrons. The molecular formula is C25H28N4O3. The molecule has 0 aliphatic carbocycles. The first kappa shape index (κ1) is 20.7. The fourth-order valence-corrected chi connectivity index (χ4v) is 4.83. The number of aryl methyl sites for hydroxylation is 2. The second-order valence-electron chi connectivity index (χ2n) is 8.97. The zero-order chi connectivity index (χ0) is 22.2. The van der Waals surface area contributed by atoms with Crippen molar-refractivity contribution in [1.82, 2.24) is 19.9 Å². The highest BCUT2D eigenvalue weighted by molar-refractivity contribution is 6.07. The Bertz CT molecular complexity index is 1150. The van der Waals surface area contributed by atoms with E-state index in [1.54, 1.807) is 0 Å². The lowest BCUT2D eigenvalue weighted by Crippen LogP contribution is -2.43. The number of amides is 2. The van der Waals surface area contributed by atoms with Gasteiger partial charge in [-0.2, -0.15) is 0 Å². The Morgan fingerprint density at radius 3 is 2.34 bits per heavy atom. The summed E-state index contributed by atoms with van der Waals surface area (Å²) in [6.07, 6.45) is 3.62. The maximum absolute atomic E-state index is 13.6. The molecule has 0 bridgehead atoms. The summed E-state index contributed by atoms with van der Waals surface area (Å²) in [7, 11) is 0. The third-order valence-electron chi connectivity index (χ3n) is 6.74. The second kappa shape index (κ2) is 8.37. The van der Waals surface area contributed by atoms with E-state index < -0.39 is 0 Å². The van der Waals surface area contributed by atoms with Gasteiger partial charge in [-0.1, -0.05) is 35.0 Å². The number of pyridine rings is 1. The van der Waals surface area contributed by atoms with Crippen molar-refractivity contribution in [2.45, 2.75) is 39.5 Å². The molecule has 2 aromatic heterocycles. The smallest absolute Gasteiger partial charge is 0.259 e. The standard InChI is InChI=1S/C25H28N4O3/c1-16-5-7-18(8-6-16)21-15-20(22-17(2)27-32-23(22)26-21)25(31)29-13-9-19(10-14-29)24(30)28-11-3-4-12-28/h5-8,15,19H,3-4,9-14H2,1-2H3. The number of carbonyl (C=O) groups is 2. The van der Waals surface area contributed by atoms with E-state index in [4.69, 9.17) is 4.52 Å². The Balaban J connectivity index is 1.40. The first-order valence-corrected chi connectivity index (χ1v) is 11.4. The number of carbonyl (C=O) groups excluding carboxylic acids is 2. The van der Waals surface area contributed by atoms with Gasteiger partial charge in [0.2, 0.25) is 5.91 Å². The molecule has 166 valence electrons. The Hall–Kier alpha value is -3.22. The molecule has 0 atom stereocenters.